The number of carboxylic acid groups (broad SMARTS) is 1. The molecule has 3 aliphatic heterocycles. The lowest BCUT2D eigenvalue weighted by molar-refractivity contribution is -0.200. The highest BCUT2D eigenvalue weighted by Gasteiger charge is 2.45. The van der Waals surface area contributed by atoms with E-state index >= 15 is 0 Å². The monoisotopic (exact) mass is 539 g/mol. The Morgan fingerprint density at radius 2 is 1.71 bits per heavy atom. The van der Waals surface area contributed by atoms with Crippen molar-refractivity contribution in [3.63, 3.8) is 0 Å². The molecule has 0 aliphatic carbocycles. The minimum Gasteiger partial charge on any atom is -0.481 e. The summed E-state index contributed by atoms with van der Waals surface area (Å²) in [4.78, 5) is 42.5. The molecule has 0 aromatic heterocycles. The van der Waals surface area contributed by atoms with E-state index in [-0.39, 0.29) is 11.4 Å². The van der Waals surface area contributed by atoms with Crippen molar-refractivity contribution in [2.45, 2.75) is 76.7 Å². The third-order valence-corrected chi connectivity index (χ3v) is 8.42. The molecule has 3 fully saturated rings. The second-order valence-electron chi connectivity index (χ2n) is 10.9. The summed E-state index contributed by atoms with van der Waals surface area (Å²) in [5.74, 6) is -1.32. The number of amides is 2. The largest absolute Gasteiger partial charge is 0.481 e. The number of hydrogen-bond donors (Lipinski definition) is 1. The van der Waals surface area contributed by atoms with Crippen LogP contribution in [0.3, 0.4) is 0 Å². The minimum absolute atomic E-state index is 0.0860. The van der Waals surface area contributed by atoms with Crippen molar-refractivity contribution in [3.05, 3.63) is 34.9 Å². The van der Waals surface area contributed by atoms with E-state index in [0.717, 1.165) is 37.4 Å². The van der Waals surface area contributed by atoms with Gasteiger partial charge >= 0.3 is 18.2 Å². The minimum atomic E-state index is -4.59. The van der Waals surface area contributed by atoms with Crippen LogP contribution in [0.25, 0.3) is 0 Å². The molecule has 3 saturated heterocycles. The Morgan fingerprint density at radius 3 is 2.32 bits per heavy atom. The second-order valence-corrected chi connectivity index (χ2v) is 10.9. The van der Waals surface area contributed by atoms with E-state index < -0.39 is 30.3 Å². The van der Waals surface area contributed by atoms with E-state index in [2.05, 4.69) is 9.64 Å². The zero-order valence-corrected chi connectivity index (χ0v) is 21.9. The average Bonchev–Trinajstić information content (AvgIpc) is 3.25. The summed E-state index contributed by atoms with van der Waals surface area (Å²) in [6, 6.07) is 5.85. The first-order valence-electron chi connectivity index (χ1n) is 13.3. The Labute approximate surface area is 220 Å². The first-order chi connectivity index (χ1) is 17.9. The summed E-state index contributed by atoms with van der Waals surface area (Å²) in [5.41, 5.74) is 2.32. The Morgan fingerprint density at radius 1 is 1.05 bits per heavy atom. The molecule has 1 N–H and O–H groups in total. The molecule has 0 bridgehead atoms. The molecule has 1 aromatic rings. The van der Waals surface area contributed by atoms with Crippen LogP contribution in [0, 0.1) is 12.8 Å². The molecule has 1 atom stereocenters. The van der Waals surface area contributed by atoms with Crippen molar-refractivity contribution in [1.82, 2.24) is 14.7 Å². The summed E-state index contributed by atoms with van der Waals surface area (Å²) in [5, 5.41) is 9.28. The van der Waals surface area contributed by atoms with Crippen LogP contribution in [0.5, 0.6) is 0 Å². The lowest BCUT2D eigenvalue weighted by atomic mass is 9.84. The van der Waals surface area contributed by atoms with Crippen molar-refractivity contribution >= 4 is 18.0 Å². The van der Waals surface area contributed by atoms with Gasteiger partial charge in [0, 0.05) is 43.8 Å². The fraction of sp³-hybridized carbons (Fsp3) is 0.667. The number of nitrogens with zero attached hydrogens (tertiary/aromatic N) is 3. The number of hydrogen-bond acceptors (Lipinski definition) is 5. The van der Waals surface area contributed by atoms with Crippen molar-refractivity contribution in [2.24, 2.45) is 5.92 Å². The second kappa shape index (κ2) is 11.1. The van der Waals surface area contributed by atoms with Crippen LogP contribution in [-0.2, 0) is 16.1 Å². The van der Waals surface area contributed by atoms with E-state index in [9.17, 15) is 32.7 Å². The van der Waals surface area contributed by atoms with Crippen molar-refractivity contribution < 1.29 is 37.4 Å². The topological polar surface area (TPSA) is 90.4 Å². The number of carboxylic acids is 1. The number of piperidine rings is 2. The smallest absolute Gasteiger partial charge is 0.425 e. The predicted molar refractivity (Wildman–Crippen MR) is 133 cm³/mol. The number of aliphatic carboxylic acids is 1. The summed E-state index contributed by atoms with van der Waals surface area (Å²) in [6.45, 7) is 5.62. The molecule has 38 heavy (non-hydrogen) atoms. The Bertz CT molecular complexity index is 1050. The molecule has 8 nitrogen and oxygen atoms in total. The average molecular weight is 540 g/mol. The van der Waals surface area contributed by atoms with Crippen LogP contribution in [0.2, 0.25) is 0 Å². The number of carbonyl (C=O) groups is 3. The third-order valence-electron chi connectivity index (χ3n) is 8.42. The van der Waals surface area contributed by atoms with E-state index in [1.807, 2.05) is 25.1 Å². The molecule has 1 spiro atoms. The zero-order valence-electron chi connectivity index (χ0n) is 21.9. The lowest BCUT2D eigenvalue weighted by Gasteiger charge is -2.45. The van der Waals surface area contributed by atoms with Crippen LogP contribution >= 0.6 is 0 Å². The van der Waals surface area contributed by atoms with E-state index in [1.165, 1.54) is 4.90 Å². The van der Waals surface area contributed by atoms with E-state index in [0.29, 0.717) is 64.0 Å². The number of carbonyl (C=O) groups excluding carboxylic acids is 2. The highest BCUT2D eigenvalue weighted by atomic mass is 19.4. The summed E-state index contributed by atoms with van der Waals surface area (Å²) < 4.78 is 43.0. The summed E-state index contributed by atoms with van der Waals surface area (Å²) >= 11 is 0. The molecule has 1 unspecified atom stereocenters. The van der Waals surface area contributed by atoms with Gasteiger partial charge in [0.15, 0.2) is 6.10 Å². The Balaban J connectivity index is 1.42. The van der Waals surface area contributed by atoms with Gasteiger partial charge in [0.2, 0.25) is 0 Å². The highest BCUT2D eigenvalue weighted by molar-refractivity contribution is 5.96. The number of aryl methyl sites for hydroxylation is 1. The van der Waals surface area contributed by atoms with E-state index in [4.69, 9.17) is 0 Å². The van der Waals surface area contributed by atoms with Crippen LogP contribution in [0.1, 0.15) is 66.9 Å². The maximum atomic E-state index is 13.5. The predicted octanol–water partition coefficient (Wildman–Crippen LogP) is 4.45. The van der Waals surface area contributed by atoms with Gasteiger partial charge in [0.25, 0.3) is 5.91 Å². The van der Waals surface area contributed by atoms with Gasteiger partial charge in [-0.15, -0.1) is 0 Å². The van der Waals surface area contributed by atoms with Gasteiger partial charge < -0.3 is 19.6 Å². The first kappa shape index (κ1) is 28.2. The van der Waals surface area contributed by atoms with Crippen molar-refractivity contribution in [1.29, 1.82) is 0 Å². The quantitative estimate of drug-likeness (QED) is 0.595. The number of alkyl halides is 3. The van der Waals surface area contributed by atoms with Gasteiger partial charge in [-0.05, 0) is 70.5 Å². The van der Waals surface area contributed by atoms with Gasteiger partial charge in [-0.25, -0.2) is 4.79 Å². The summed E-state index contributed by atoms with van der Waals surface area (Å²) in [7, 11) is 0. The van der Waals surface area contributed by atoms with Crippen LogP contribution in [0.4, 0.5) is 18.0 Å². The normalized spacial score (nSPS) is 21.5. The molecule has 210 valence electrons. The molecule has 0 radical (unpaired) electrons. The SMILES string of the molecule is Cc1ccc(CN2CCCC23CCN(C(=O)OC(C)C(F)(F)F)CC3)c(C(=O)N2CCC(C(=O)O)CC2)c1. The van der Waals surface area contributed by atoms with Gasteiger partial charge in [-0.1, -0.05) is 17.7 Å². The summed E-state index contributed by atoms with van der Waals surface area (Å²) in [6.07, 6.45) is -3.66. The molecule has 4 rings (SSSR count). The van der Waals surface area contributed by atoms with Crippen molar-refractivity contribution in [2.75, 3.05) is 32.7 Å². The molecule has 0 saturated carbocycles. The standard InChI is InChI=1S/C27H36F3N3O5/c1-18-4-5-21(22(16-18)23(34)31-12-6-20(7-13-31)24(35)36)17-33-11-3-8-26(33)9-14-32(15-10-26)25(37)38-19(2)27(28,29)30/h4-5,16,19-20H,3,6-15,17H2,1-2H3,(H,35,36). The van der Waals surface area contributed by atoms with Crippen LogP contribution < -0.4 is 0 Å². The number of halogens is 3. The van der Waals surface area contributed by atoms with Crippen LogP contribution in [0.15, 0.2) is 18.2 Å². The molecule has 3 aliphatic rings. The molecule has 1 aromatic carbocycles. The van der Waals surface area contributed by atoms with Gasteiger partial charge in [0.1, 0.15) is 0 Å². The third kappa shape index (κ3) is 6.08. The molecular formula is C27H36F3N3O5. The fourth-order valence-corrected chi connectivity index (χ4v) is 5.94. The first-order valence-corrected chi connectivity index (χ1v) is 13.3. The number of ether oxygens (including phenoxy) is 1. The lowest BCUT2D eigenvalue weighted by Crippen LogP contribution is -2.53. The molecular weight excluding hydrogens is 503 g/mol. The number of rotatable bonds is 5. The van der Waals surface area contributed by atoms with Crippen LogP contribution in [-0.4, -0.2) is 88.3 Å². The fourth-order valence-electron chi connectivity index (χ4n) is 5.94. The van der Waals surface area contributed by atoms with Gasteiger partial charge in [0.05, 0.1) is 5.92 Å². The van der Waals surface area contributed by atoms with E-state index in [1.54, 1.807) is 4.90 Å². The maximum absolute atomic E-state index is 13.5. The van der Waals surface area contributed by atoms with Gasteiger partial charge in [-0.3, -0.25) is 14.5 Å². The Hall–Kier alpha value is -2.82. The van der Waals surface area contributed by atoms with Gasteiger partial charge in [-0.2, -0.15) is 13.2 Å². The molecule has 3 heterocycles. The Kier molecular flexibility index (Phi) is 8.25. The number of benzene rings is 1. The molecule has 2 amide bonds. The highest BCUT2D eigenvalue weighted by Crippen LogP contribution is 2.40. The maximum Gasteiger partial charge on any atom is 0.425 e. The molecule has 11 heteroatoms. The zero-order chi connectivity index (χ0) is 27.7. The number of likely N-dealkylation sites (tertiary alicyclic amines) is 3. The van der Waals surface area contributed by atoms with Crippen molar-refractivity contribution in [3.8, 4) is 0 Å².